The van der Waals surface area contributed by atoms with Crippen molar-refractivity contribution in [2.45, 2.75) is 0 Å². The van der Waals surface area contributed by atoms with Crippen LogP contribution in [0.25, 0.3) is 0 Å². The van der Waals surface area contributed by atoms with Gasteiger partial charge in [0.2, 0.25) is 0 Å². The molecule has 4 heteroatoms. The summed E-state index contributed by atoms with van der Waals surface area (Å²) in [6.45, 7) is 0. The third-order valence-corrected chi connectivity index (χ3v) is 1.85. The van der Waals surface area contributed by atoms with E-state index < -0.39 is 0 Å². The van der Waals surface area contributed by atoms with Gasteiger partial charge < -0.3 is 0 Å². The molecule has 0 bridgehead atoms. The Balaban J connectivity index is 2.38. The molecule has 0 aromatic carbocycles. The van der Waals surface area contributed by atoms with Crippen molar-refractivity contribution < 1.29 is 4.79 Å². The maximum absolute atomic E-state index is 10.8. The molecule has 1 amide bonds. The van der Waals surface area contributed by atoms with Crippen molar-refractivity contribution in [2.75, 3.05) is 0 Å². The quantitative estimate of drug-likeness (QED) is 0.556. The lowest BCUT2D eigenvalue weighted by molar-refractivity contribution is 0.537. The molecule has 4 nitrogen and oxygen atoms in total. The van der Waals surface area contributed by atoms with Gasteiger partial charge in [0.1, 0.15) is 0 Å². The molecule has 0 aliphatic carbocycles. The zero-order chi connectivity index (χ0) is 10.5. The molecule has 2 radical (unpaired) electrons. The van der Waals surface area contributed by atoms with Crippen LogP contribution in [0.3, 0.4) is 0 Å². The average Bonchev–Trinajstić information content (AvgIpc) is 2.33. The zero-order valence-electron chi connectivity index (χ0n) is 7.87. The van der Waals surface area contributed by atoms with Crippen LogP contribution in [0.1, 0.15) is 0 Å². The van der Waals surface area contributed by atoms with Gasteiger partial charge in [0.15, 0.2) is 0 Å². The number of hydrogen-bond acceptors (Lipinski definition) is 3. The van der Waals surface area contributed by atoms with Crippen molar-refractivity contribution in [3.63, 3.8) is 0 Å². The van der Waals surface area contributed by atoms with Gasteiger partial charge >= 0.3 is 6.41 Å². The summed E-state index contributed by atoms with van der Waals surface area (Å²) in [5, 5.41) is 0. The van der Waals surface area contributed by atoms with Gasteiger partial charge in [-0.2, -0.15) is 9.97 Å². The summed E-state index contributed by atoms with van der Waals surface area (Å²) in [5.74, 6) is 1.01. The number of aromatic nitrogens is 2. The van der Waals surface area contributed by atoms with Crippen LogP contribution in [0, 0.1) is 0 Å². The largest absolute Gasteiger partial charge is 0.510 e. The fourth-order valence-corrected chi connectivity index (χ4v) is 1.18. The molecule has 2 rings (SSSR count). The van der Waals surface area contributed by atoms with E-state index in [1.807, 2.05) is 0 Å². The van der Waals surface area contributed by atoms with E-state index in [1.54, 1.807) is 55.2 Å². The zero-order valence-corrected chi connectivity index (χ0v) is 7.87. The highest BCUT2D eigenvalue weighted by atomic mass is 16.1. The Morgan fingerprint density at radius 2 is 1.47 bits per heavy atom. The Hall–Kier alpha value is -2.07. The number of hydrogen-bond donors (Lipinski definition) is 0. The third kappa shape index (κ3) is 2.05. The number of pyridine rings is 2. The first-order valence-electron chi connectivity index (χ1n) is 4.42. The lowest BCUT2D eigenvalue weighted by Gasteiger charge is -1.98. The number of carbonyl (C=O) groups excluding carboxylic acids is 1. The first-order chi connectivity index (χ1) is 7.42. The summed E-state index contributed by atoms with van der Waals surface area (Å²) in [6.07, 6.45) is 5.02. The summed E-state index contributed by atoms with van der Waals surface area (Å²) in [7, 11) is 0. The summed E-state index contributed by atoms with van der Waals surface area (Å²) in [5.41, 5.74) is 0. The van der Waals surface area contributed by atoms with Crippen LogP contribution in [0.2, 0.25) is 0 Å². The van der Waals surface area contributed by atoms with E-state index in [0.717, 1.165) is 0 Å². The highest BCUT2D eigenvalue weighted by molar-refractivity contribution is 5.70. The third-order valence-electron chi connectivity index (χ3n) is 1.85. The molecule has 0 aliphatic heterocycles. The van der Waals surface area contributed by atoms with Crippen LogP contribution in [0.5, 0.6) is 0 Å². The molecule has 0 aliphatic rings. The van der Waals surface area contributed by atoms with E-state index in [2.05, 4.69) is 9.97 Å². The summed E-state index contributed by atoms with van der Waals surface area (Å²) < 4.78 is 0. The Bertz CT molecular complexity index is 391. The Labute approximate surface area is 87.2 Å². The summed E-state index contributed by atoms with van der Waals surface area (Å²) >= 11 is 0. The van der Waals surface area contributed by atoms with E-state index in [4.69, 9.17) is 0 Å². The minimum atomic E-state index is 0.506. The van der Waals surface area contributed by atoms with Crippen LogP contribution >= 0.6 is 0 Å². The van der Waals surface area contributed by atoms with Crippen LogP contribution in [0.4, 0.5) is 11.6 Å². The maximum atomic E-state index is 10.8. The molecule has 0 saturated heterocycles. The molecule has 0 N–H and O–H groups in total. The molecule has 0 saturated carbocycles. The van der Waals surface area contributed by atoms with E-state index in [0.29, 0.717) is 11.6 Å². The molecule has 2 aromatic heterocycles. The minimum Gasteiger partial charge on any atom is -0.207 e. The SMILES string of the molecule is O=[C][N+](c1ccccn1)c1ccccn1. The van der Waals surface area contributed by atoms with Gasteiger partial charge in [-0.1, -0.05) is 12.1 Å². The highest BCUT2D eigenvalue weighted by Crippen LogP contribution is 2.16. The maximum Gasteiger partial charge on any atom is 0.510 e. The molecular weight excluding hydrogens is 190 g/mol. The highest BCUT2D eigenvalue weighted by Gasteiger charge is 2.26. The molecule has 0 atom stereocenters. The average molecular weight is 198 g/mol. The van der Waals surface area contributed by atoms with E-state index in [1.165, 1.54) is 4.90 Å². The van der Waals surface area contributed by atoms with Gasteiger partial charge in [-0.25, -0.2) is 4.79 Å². The second-order valence-corrected chi connectivity index (χ2v) is 2.80. The molecule has 2 heterocycles. The monoisotopic (exact) mass is 198 g/mol. The molecule has 72 valence electrons. The van der Waals surface area contributed by atoms with Crippen molar-refractivity contribution >= 4 is 18.0 Å². The summed E-state index contributed by atoms with van der Waals surface area (Å²) in [6, 6.07) is 10.6. The normalized spacial score (nSPS) is 10.2. The standard InChI is InChI=1S/C11H8N3O/c15-9-14(10-5-1-3-7-12-10)11-6-2-4-8-13-11/h1-8H/q+1. The lowest BCUT2D eigenvalue weighted by Crippen LogP contribution is -2.17. The van der Waals surface area contributed by atoms with Gasteiger partial charge in [-0.3, -0.25) is 0 Å². The van der Waals surface area contributed by atoms with Crippen molar-refractivity contribution in [1.82, 2.24) is 14.9 Å². The van der Waals surface area contributed by atoms with Crippen molar-refractivity contribution in [3.8, 4) is 0 Å². The lowest BCUT2D eigenvalue weighted by atomic mass is 10.4. The smallest absolute Gasteiger partial charge is 0.207 e. The molecule has 0 spiro atoms. The van der Waals surface area contributed by atoms with Crippen LogP contribution in [-0.4, -0.2) is 16.4 Å². The van der Waals surface area contributed by atoms with E-state index in [-0.39, 0.29) is 0 Å². The Morgan fingerprint density at radius 3 is 1.80 bits per heavy atom. The topological polar surface area (TPSA) is 48.8 Å². The molecule has 15 heavy (non-hydrogen) atoms. The number of anilines is 2. The predicted molar refractivity (Wildman–Crippen MR) is 55.6 cm³/mol. The predicted octanol–water partition coefficient (Wildman–Crippen LogP) is 1.65. The first-order valence-corrected chi connectivity index (χ1v) is 4.42. The number of rotatable bonds is 3. The van der Waals surface area contributed by atoms with Gasteiger partial charge in [-0.05, 0) is 12.1 Å². The fraction of sp³-hybridized carbons (Fsp3) is 0. The van der Waals surface area contributed by atoms with Gasteiger partial charge in [-0.15, -0.1) is 0 Å². The van der Waals surface area contributed by atoms with Gasteiger partial charge in [0.25, 0.3) is 11.6 Å². The number of nitrogens with zero attached hydrogens (tertiary/aromatic N) is 3. The van der Waals surface area contributed by atoms with E-state index >= 15 is 0 Å². The second-order valence-electron chi connectivity index (χ2n) is 2.80. The van der Waals surface area contributed by atoms with Crippen molar-refractivity contribution in [1.29, 1.82) is 0 Å². The Morgan fingerprint density at radius 1 is 0.933 bits per heavy atom. The van der Waals surface area contributed by atoms with Gasteiger partial charge in [0, 0.05) is 29.4 Å². The number of amides is 1. The second kappa shape index (κ2) is 4.43. The van der Waals surface area contributed by atoms with Crippen LogP contribution < -0.4 is 4.90 Å². The Kier molecular flexibility index (Phi) is 2.80. The fourth-order valence-electron chi connectivity index (χ4n) is 1.18. The van der Waals surface area contributed by atoms with Crippen molar-refractivity contribution in [2.24, 2.45) is 0 Å². The van der Waals surface area contributed by atoms with Crippen molar-refractivity contribution in [3.05, 3.63) is 48.8 Å². The first kappa shape index (κ1) is 9.48. The molecule has 0 fully saturated rings. The summed E-state index contributed by atoms with van der Waals surface area (Å²) in [4.78, 5) is 20.2. The van der Waals surface area contributed by atoms with Crippen LogP contribution in [0.15, 0.2) is 48.8 Å². The minimum absolute atomic E-state index is 0.506. The molecule has 0 unspecified atom stereocenters. The molecule has 2 aromatic rings. The van der Waals surface area contributed by atoms with Gasteiger partial charge in [0.05, 0.1) is 0 Å². The van der Waals surface area contributed by atoms with Crippen LogP contribution in [-0.2, 0) is 4.79 Å². The van der Waals surface area contributed by atoms with E-state index in [9.17, 15) is 4.79 Å². The molecular formula is C11H8N3O+.